The van der Waals surface area contributed by atoms with Crippen molar-refractivity contribution < 1.29 is 9.13 Å². The molecule has 1 aromatic heterocycles. The number of hydrogen-bond acceptors (Lipinski definition) is 3. The lowest BCUT2D eigenvalue weighted by Crippen LogP contribution is -2.07. The van der Waals surface area contributed by atoms with E-state index in [1.54, 1.807) is 18.3 Å². The van der Waals surface area contributed by atoms with Crippen LogP contribution < -0.4 is 10.5 Å². The van der Waals surface area contributed by atoms with Crippen LogP contribution in [0.3, 0.4) is 0 Å². The van der Waals surface area contributed by atoms with Crippen LogP contribution in [0.4, 0.5) is 4.39 Å². The monoisotopic (exact) mass is 266 g/mol. The summed E-state index contributed by atoms with van der Waals surface area (Å²) in [5.41, 5.74) is 6.56. The van der Waals surface area contributed by atoms with Gasteiger partial charge in [-0.1, -0.05) is 17.7 Å². The Labute approximate surface area is 109 Å². The minimum Gasteiger partial charge on any atom is -0.439 e. The van der Waals surface area contributed by atoms with Crippen molar-refractivity contribution in [1.82, 2.24) is 4.98 Å². The molecule has 18 heavy (non-hydrogen) atoms. The predicted molar refractivity (Wildman–Crippen MR) is 68.3 cm³/mol. The number of hydrogen-bond donors (Lipinski definition) is 1. The summed E-state index contributed by atoms with van der Waals surface area (Å²) in [6.07, 6.45) is 1.59. The highest BCUT2D eigenvalue weighted by molar-refractivity contribution is 6.30. The Balaban J connectivity index is 2.31. The Morgan fingerprint density at radius 2 is 2.17 bits per heavy atom. The summed E-state index contributed by atoms with van der Waals surface area (Å²) in [6.45, 7) is 1.83. The van der Waals surface area contributed by atoms with Gasteiger partial charge in [-0.15, -0.1) is 0 Å². The molecule has 2 N–H and O–H groups in total. The quantitative estimate of drug-likeness (QED) is 0.922. The fourth-order valence-electron chi connectivity index (χ4n) is 1.49. The van der Waals surface area contributed by atoms with Crippen molar-refractivity contribution in [1.29, 1.82) is 0 Å². The molecule has 0 saturated carbocycles. The predicted octanol–water partition coefficient (Wildman–Crippen LogP) is 3.69. The molecule has 5 heteroatoms. The van der Waals surface area contributed by atoms with E-state index in [-0.39, 0.29) is 11.1 Å². The first kappa shape index (κ1) is 12.8. The Morgan fingerprint density at radius 3 is 2.83 bits per heavy atom. The molecule has 0 amide bonds. The largest absolute Gasteiger partial charge is 0.439 e. The molecule has 2 rings (SSSR count). The van der Waals surface area contributed by atoms with Crippen molar-refractivity contribution in [3.8, 4) is 11.6 Å². The maximum Gasteiger partial charge on any atom is 0.223 e. The first-order chi connectivity index (χ1) is 8.58. The minimum absolute atomic E-state index is 0.0517. The Morgan fingerprint density at radius 1 is 1.39 bits per heavy atom. The maximum absolute atomic E-state index is 13.3. The molecule has 2 aromatic rings. The van der Waals surface area contributed by atoms with Crippen LogP contribution in [0.15, 0.2) is 36.5 Å². The van der Waals surface area contributed by atoms with E-state index < -0.39 is 5.82 Å². The molecule has 1 unspecified atom stereocenters. The Kier molecular flexibility index (Phi) is 3.79. The van der Waals surface area contributed by atoms with E-state index in [9.17, 15) is 4.39 Å². The van der Waals surface area contributed by atoms with Crippen LogP contribution in [0.25, 0.3) is 0 Å². The van der Waals surface area contributed by atoms with Crippen molar-refractivity contribution in [2.24, 2.45) is 5.73 Å². The number of aromatic nitrogens is 1. The van der Waals surface area contributed by atoms with Crippen LogP contribution in [-0.4, -0.2) is 4.98 Å². The summed E-state index contributed by atoms with van der Waals surface area (Å²) < 4.78 is 18.8. The molecule has 0 fully saturated rings. The van der Waals surface area contributed by atoms with Gasteiger partial charge in [-0.25, -0.2) is 9.37 Å². The third-order valence-corrected chi connectivity index (χ3v) is 2.70. The van der Waals surface area contributed by atoms with E-state index >= 15 is 0 Å². The average molecular weight is 267 g/mol. The third kappa shape index (κ3) is 2.78. The molecule has 3 nitrogen and oxygen atoms in total. The second-order valence-electron chi connectivity index (χ2n) is 3.86. The van der Waals surface area contributed by atoms with E-state index in [0.29, 0.717) is 11.6 Å². The number of pyridine rings is 1. The van der Waals surface area contributed by atoms with E-state index in [2.05, 4.69) is 4.98 Å². The van der Waals surface area contributed by atoms with Crippen molar-refractivity contribution in [2.45, 2.75) is 13.0 Å². The molecule has 0 aliphatic heterocycles. The van der Waals surface area contributed by atoms with Gasteiger partial charge in [-0.2, -0.15) is 0 Å². The van der Waals surface area contributed by atoms with Gasteiger partial charge in [0.1, 0.15) is 11.6 Å². The number of ether oxygens (including phenoxy) is 1. The molecule has 1 atom stereocenters. The minimum atomic E-state index is -0.535. The average Bonchev–Trinajstić information content (AvgIpc) is 2.34. The van der Waals surface area contributed by atoms with Crippen molar-refractivity contribution >= 4 is 11.6 Å². The molecular formula is C13H12ClFN2O. The topological polar surface area (TPSA) is 48.1 Å². The zero-order chi connectivity index (χ0) is 13.1. The van der Waals surface area contributed by atoms with Gasteiger partial charge >= 0.3 is 0 Å². The van der Waals surface area contributed by atoms with E-state index in [4.69, 9.17) is 22.1 Å². The summed E-state index contributed by atoms with van der Waals surface area (Å²) in [5, 5.41) is 0.0517. The summed E-state index contributed by atoms with van der Waals surface area (Å²) in [5.74, 6) is 0.166. The Bertz CT molecular complexity index is 560. The second-order valence-corrected chi connectivity index (χ2v) is 4.27. The summed E-state index contributed by atoms with van der Waals surface area (Å²) in [7, 11) is 0. The highest BCUT2D eigenvalue weighted by Crippen LogP contribution is 2.28. The van der Waals surface area contributed by atoms with Crippen LogP contribution in [-0.2, 0) is 0 Å². The molecular weight excluding hydrogens is 255 g/mol. The van der Waals surface area contributed by atoms with Crippen LogP contribution in [0.2, 0.25) is 5.02 Å². The number of nitrogens with two attached hydrogens (primary N) is 1. The molecule has 0 spiro atoms. The fourth-order valence-corrected chi connectivity index (χ4v) is 1.60. The SMILES string of the molecule is CC(N)c1cccnc1Oc1ccc(Cl)c(F)c1. The highest BCUT2D eigenvalue weighted by Gasteiger charge is 2.10. The lowest BCUT2D eigenvalue weighted by atomic mass is 10.1. The fraction of sp³-hybridized carbons (Fsp3) is 0.154. The maximum atomic E-state index is 13.3. The molecule has 0 bridgehead atoms. The number of halogens is 2. The normalized spacial score (nSPS) is 12.2. The summed E-state index contributed by atoms with van der Waals surface area (Å²) in [4.78, 5) is 4.09. The number of benzene rings is 1. The molecule has 0 aliphatic carbocycles. The van der Waals surface area contributed by atoms with Crippen LogP contribution in [0, 0.1) is 5.82 Å². The summed E-state index contributed by atoms with van der Waals surface area (Å²) >= 11 is 5.60. The van der Waals surface area contributed by atoms with Crippen LogP contribution in [0.1, 0.15) is 18.5 Å². The molecule has 1 aromatic carbocycles. The highest BCUT2D eigenvalue weighted by atomic mass is 35.5. The van der Waals surface area contributed by atoms with Crippen molar-refractivity contribution in [3.63, 3.8) is 0 Å². The summed E-state index contributed by atoms with van der Waals surface area (Å²) in [6, 6.07) is 7.59. The molecule has 0 radical (unpaired) electrons. The van der Waals surface area contributed by atoms with Crippen LogP contribution in [0.5, 0.6) is 11.6 Å². The van der Waals surface area contributed by atoms with E-state index in [1.807, 2.05) is 13.0 Å². The number of rotatable bonds is 3. The van der Waals surface area contributed by atoms with Crippen molar-refractivity contribution in [2.75, 3.05) is 0 Å². The van der Waals surface area contributed by atoms with E-state index in [0.717, 1.165) is 5.56 Å². The molecule has 94 valence electrons. The molecule has 0 saturated heterocycles. The van der Waals surface area contributed by atoms with Gasteiger partial charge in [0.2, 0.25) is 5.88 Å². The second kappa shape index (κ2) is 5.33. The zero-order valence-electron chi connectivity index (χ0n) is 9.73. The standard InChI is InChI=1S/C13H12ClFN2O/c1-8(16)10-3-2-6-17-13(10)18-9-4-5-11(14)12(15)7-9/h2-8H,16H2,1H3. The molecule has 1 heterocycles. The first-order valence-corrected chi connectivity index (χ1v) is 5.79. The van der Waals surface area contributed by atoms with Gasteiger partial charge in [-0.3, -0.25) is 0 Å². The van der Waals surface area contributed by atoms with Crippen molar-refractivity contribution in [3.05, 3.63) is 52.9 Å². The van der Waals surface area contributed by atoms with Gasteiger partial charge in [-0.05, 0) is 25.1 Å². The van der Waals surface area contributed by atoms with E-state index in [1.165, 1.54) is 12.1 Å². The van der Waals surface area contributed by atoms with Gasteiger partial charge in [0, 0.05) is 23.9 Å². The zero-order valence-corrected chi connectivity index (χ0v) is 10.5. The lowest BCUT2D eigenvalue weighted by Gasteiger charge is -2.12. The van der Waals surface area contributed by atoms with Gasteiger partial charge in [0.05, 0.1) is 5.02 Å². The molecule has 0 aliphatic rings. The van der Waals surface area contributed by atoms with Gasteiger partial charge in [0.25, 0.3) is 0 Å². The smallest absolute Gasteiger partial charge is 0.223 e. The van der Waals surface area contributed by atoms with Gasteiger partial charge in [0.15, 0.2) is 0 Å². The van der Waals surface area contributed by atoms with Crippen LogP contribution >= 0.6 is 11.6 Å². The Hall–Kier alpha value is -1.65. The number of nitrogens with zero attached hydrogens (tertiary/aromatic N) is 1. The third-order valence-electron chi connectivity index (χ3n) is 2.40. The lowest BCUT2D eigenvalue weighted by molar-refractivity contribution is 0.448. The van der Waals surface area contributed by atoms with Gasteiger partial charge < -0.3 is 10.5 Å². The first-order valence-electron chi connectivity index (χ1n) is 5.41.